The number of hydrogen-bond donors (Lipinski definition) is 2. The highest BCUT2D eigenvalue weighted by Gasteiger charge is 1.99. The molecule has 0 spiro atoms. The third kappa shape index (κ3) is 3.65. The number of carbonyl (C=O) groups is 1. The standard InChI is InChI=1S/C10H12N4O/c1-2-12-10(15)7-14-9-4-3-8(5-11)13-6-9/h3-4,6,14H,2,7H2,1H3,(H,12,15). The van der Waals surface area contributed by atoms with E-state index in [2.05, 4.69) is 15.6 Å². The van der Waals surface area contributed by atoms with Crippen LogP contribution in [0.3, 0.4) is 0 Å². The largest absolute Gasteiger partial charge is 0.375 e. The average Bonchev–Trinajstić information content (AvgIpc) is 2.27. The Morgan fingerprint density at radius 2 is 2.40 bits per heavy atom. The van der Waals surface area contributed by atoms with Gasteiger partial charge in [0, 0.05) is 6.54 Å². The Hall–Kier alpha value is -2.09. The van der Waals surface area contributed by atoms with Crippen molar-refractivity contribution in [2.24, 2.45) is 0 Å². The number of anilines is 1. The molecule has 0 saturated heterocycles. The summed E-state index contributed by atoms with van der Waals surface area (Å²) >= 11 is 0. The monoisotopic (exact) mass is 204 g/mol. The van der Waals surface area contributed by atoms with E-state index in [-0.39, 0.29) is 12.5 Å². The molecule has 0 aliphatic rings. The number of pyridine rings is 1. The zero-order chi connectivity index (χ0) is 11.1. The second-order valence-electron chi connectivity index (χ2n) is 2.85. The van der Waals surface area contributed by atoms with Crippen LogP contribution in [0.1, 0.15) is 12.6 Å². The van der Waals surface area contributed by atoms with Crippen LogP contribution >= 0.6 is 0 Å². The van der Waals surface area contributed by atoms with Gasteiger partial charge in [0.1, 0.15) is 11.8 Å². The maximum absolute atomic E-state index is 11.1. The van der Waals surface area contributed by atoms with Gasteiger partial charge in [-0.05, 0) is 19.1 Å². The van der Waals surface area contributed by atoms with Gasteiger partial charge in [-0.15, -0.1) is 0 Å². The first kappa shape index (κ1) is 11.0. The van der Waals surface area contributed by atoms with Gasteiger partial charge in [0.15, 0.2) is 0 Å². The lowest BCUT2D eigenvalue weighted by atomic mass is 10.3. The summed E-state index contributed by atoms with van der Waals surface area (Å²) in [6, 6.07) is 5.23. The summed E-state index contributed by atoms with van der Waals surface area (Å²) in [6.07, 6.45) is 1.53. The minimum atomic E-state index is -0.0677. The number of carbonyl (C=O) groups excluding carboxylic acids is 1. The van der Waals surface area contributed by atoms with Gasteiger partial charge >= 0.3 is 0 Å². The van der Waals surface area contributed by atoms with Crippen LogP contribution in [0, 0.1) is 11.3 Å². The van der Waals surface area contributed by atoms with Gasteiger partial charge in [-0.2, -0.15) is 5.26 Å². The summed E-state index contributed by atoms with van der Waals surface area (Å²) in [5, 5.41) is 14.1. The minimum absolute atomic E-state index is 0.0677. The molecule has 1 aromatic rings. The number of nitriles is 1. The number of aromatic nitrogens is 1. The molecule has 0 bridgehead atoms. The molecule has 15 heavy (non-hydrogen) atoms. The highest BCUT2D eigenvalue weighted by atomic mass is 16.1. The van der Waals surface area contributed by atoms with Gasteiger partial charge in [0.2, 0.25) is 5.91 Å². The molecule has 1 heterocycles. The number of nitrogens with one attached hydrogen (secondary N) is 2. The number of nitrogens with zero attached hydrogens (tertiary/aromatic N) is 2. The molecule has 0 radical (unpaired) electrons. The molecule has 5 nitrogen and oxygen atoms in total. The number of hydrogen-bond acceptors (Lipinski definition) is 4. The Kier molecular flexibility index (Phi) is 4.10. The van der Waals surface area contributed by atoms with Crippen molar-refractivity contribution in [2.45, 2.75) is 6.92 Å². The number of likely N-dealkylation sites (N-methyl/N-ethyl adjacent to an activating group) is 1. The molecular weight excluding hydrogens is 192 g/mol. The van der Waals surface area contributed by atoms with Gasteiger partial charge in [-0.1, -0.05) is 0 Å². The molecule has 0 saturated carbocycles. The molecule has 0 fully saturated rings. The highest BCUT2D eigenvalue weighted by molar-refractivity contribution is 5.80. The van der Waals surface area contributed by atoms with E-state index in [9.17, 15) is 4.79 Å². The summed E-state index contributed by atoms with van der Waals surface area (Å²) in [6.45, 7) is 2.69. The molecule has 0 unspecified atom stereocenters. The van der Waals surface area contributed by atoms with E-state index in [1.54, 1.807) is 12.1 Å². The SMILES string of the molecule is CCNC(=O)CNc1ccc(C#N)nc1. The van der Waals surface area contributed by atoms with E-state index in [0.29, 0.717) is 12.2 Å². The molecule has 2 N–H and O–H groups in total. The second-order valence-corrected chi connectivity index (χ2v) is 2.85. The van der Waals surface area contributed by atoms with Crippen molar-refractivity contribution in [2.75, 3.05) is 18.4 Å². The van der Waals surface area contributed by atoms with Crippen molar-refractivity contribution in [3.63, 3.8) is 0 Å². The lowest BCUT2D eigenvalue weighted by Gasteiger charge is -2.05. The Morgan fingerprint density at radius 1 is 1.60 bits per heavy atom. The van der Waals surface area contributed by atoms with Crippen LogP contribution < -0.4 is 10.6 Å². The Balaban J connectivity index is 2.45. The Labute approximate surface area is 88.1 Å². The topological polar surface area (TPSA) is 77.8 Å². The zero-order valence-electron chi connectivity index (χ0n) is 8.45. The third-order valence-corrected chi connectivity index (χ3v) is 1.71. The molecule has 1 amide bonds. The highest BCUT2D eigenvalue weighted by Crippen LogP contribution is 2.04. The van der Waals surface area contributed by atoms with Crippen LogP contribution in [-0.4, -0.2) is 24.0 Å². The van der Waals surface area contributed by atoms with Gasteiger partial charge in [-0.3, -0.25) is 4.79 Å². The molecule has 0 aromatic carbocycles. The van der Waals surface area contributed by atoms with E-state index < -0.39 is 0 Å². The van der Waals surface area contributed by atoms with Crippen LogP contribution in [0.2, 0.25) is 0 Å². The van der Waals surface area contributed by atoms with Crippen molar-refractivity contribution < 1.29 is 4.79 Å². The molecule has 0 aliphatic carbocycles. The smallest absolute Gasteiger partial charge is 0.239 e. The fourth-order valence-electron chi connectivity index (χ4n) is 1.01. The predicted molar refractivity (Wildman–Crippen MR) is 56.1 cm³/mol. The summed E-state index contributed by atoms with van der Waals surface area (Å²) < 4.78 is 0. The fourth-order valence-corrected chi connectivity index (χ4v) is 1.01. The summed E-state index contributed by atoms with van der Waals surface area (Å²) in [5.74, 6) is -0.0677. The van der Waals surface area contributed by atoms with Crippen molar-refractivity contribution in [1.29, 1.82) is 5.26 Å². The number of rotatable bonds is 4. The van der Waals surface area contributed by atoms with Crippen molar-refractivity contribution in [3.8, 4) is 6.07 Å². The summed E-state index contributed by atoms with van der Waals surface area (Å²) in [7, 11) is 0. The molecule has 1 aromatic heterocycles. The maximum Gasteiger partial charge on any atom is 0.239 e. The van der Waals surface area contributed by atoms with Gasteiger partial charge in [0.05, 0.1) is 18.4 Å². The van der Waals surface area contributed by atoms with Crippen LogP contribution in [-0.2, 0) is 4.79 Å². The van der Waals surface area contributed by atoms with E-state index in [1.165, 1.54) is 6.20 Å². The normalized spacial score (nSPS) is 9.07. The molecular formula is C10H12N4O. The van der Waals surface area contributed by atoms with Crippen molar-refractivity contribution in [3.05, 3.63) is 24.0 Å². The number of amides is 1. The first-order chi connectivity index (χ1) is 7.26. The maximum atomic E-state index is 11.1. The van der Waals surface area contributed by atoms with E-state index >= 15 is 0 Å². The third-order valence-electron chi connectivity index (χ3n) is 1.71. The summed E-state index contributed by atoms with van der Waals surface area (Å²) in [5.41, 5.74) is 1.08. The van der Waals surface area contributed by atoms with Crippen molar-refractivity contribution in [1.82, 2.24) is 10.3 Å². The fraction of sp³-hybridized carbons (Fsp3) is 0.300. The first-order valence-electron chi connectivity index (χ1n) is 4.63. The van der Waals surface area contributed by atoms with Crippen LogP contribution in [0.15, 0.2) is 18.3 Å². The molecule has 5 heteroatoms. The van der Waals surface area contributed by atoms with Gasteiger partial charge in [0.25, 0.3) is 0 Å². The Morgan fingerprint density at radius 3 is 2.93 bits per heavy atom. The lowest BCUT2D eigenvalue weighted by molar-refractivity contribution is -0.119. The van der Waals surface area contributed by atoms with Crippen LogP contribution in [0.5, 0.6) is 0 Å². The predicted octanol–water partition coefficient (Wildman–Crippen LogP) is 0.501. The zero-order valence-corrected chi connectivity index (χ0v) is 8.45. The second kappa shape index (κ2) is 5.60. The van der Waals surface area contributed by atoms with Gasteiger partial charge in [-0.25, -0.2) is 4.98 Å². The van der Waals surface area contributed by atoms with Crippen molar-refractivity contribution >= 4 is 11.6 Å². The van der Waals surface area contributed by atoms with Crippen LogP contribution in [0.4, 0.5) is 5.69 Å². The Bertz CT molecular complexity index is 366. The van der Waals surface area contributed by atoms with Crippen LogP contribution in [0.25, 0.3) is 0 Å². The van der Waals surface area contributed by atoms with Gasteiger partial charge < -0.3 is 10.6 Å². The van der Waals surface area contributed by atoms with E-state index in [1.807, 2.05) is 13.0 Å². The molecule has 78 valence electrons. The van der Waals surface area contributed by atoms with E-state index in [0.717, 1.165) is 5.69 Å². The molecule has 1 rings (SSSR count). The average molecular weight is 204 g/mol. The summed E-state index contributed by atoms with van der Waals surface area (Å²) in [4.78, 5) is 15.0. The molecule has 0 aliphatic heterocycles. The lowest BCUT2D eigenvalue weighted by Crippen LogP contribution is -2.29. The molecule has 0 atom stereocenters. The van der Waals surface area contributed by atoms with E-state index in [4.69, 9.17) is 5.26 Å². The quantitative estimate of drug-likeness (QED) is 0.748. The first-order valence-corrected chi connectivity index (χ1v) is 4.63. The minimum Gasteiger partial charge on any atom is -0.375 e.